The van der Waals surface area contributed by atoms with Gasteiger partial charge in [-0.25, -0.2) is 0 Å². The SMILES string of the molecule is CN(CC1CCCCO1)C1CCCC1C(=O)O. The van der Waals surface area contributed by atoms with Crippen molar-refractivity contribution in [2.45, 2.75) is 50.7 Å². The molecule has 98 valence electrons. The normalized spacial score (nSPS) is 34.1. The van der Waals surface area contributed by atoms with Crippen molar-refractivity contribution in [3.8, 4) is 0 Å². The molecule has 1 N–H and O–H groups in total. The molecule has 4 heteroatoms. The molecule has 1 saturated carbocycles. The number of carboxylic acids is 1. The molecule has 0 aromatic heterocycles. The number of hydrogen-bond acceptors (Lipinski definition) is 3. The summed E-state index contributed by atoms with van der Waals surface area (Å²) in [6.07, 6.45) is 6.72. The van der Waals surface area contributed by atoms with Crippen LogP contribution < -0.4 is 0 Å². The molecule has 0 aromatic carbocycles. The minimum absolute atomic E-state index is 0.177. The molecule has 3 unspecified atom stereocenters. The van der Waals surface area contributed by atoms with E-state index in [4.69, 9.17) is 4.74 Å². The Morgan fingerprint density at radius 2 is 2.12 bits per heavy atom. The van der Waals surface area contributed by atoms with Gasteiger partial charge in [0, 0.05) is 19.2 Å². The second-order valence-electron chi connectivity index (χ2n) is 5.37. The van der Waals surface area contributed by atoms with Crippen LogP contribution in [0.2, 0.25) is 0 Å². The minimum atomic E-state index is -0.635. The maximum atomic E-state index is 11.2. The van der Waals surface area contributed by atoms with Crippen molar-refractivity contribution in [1.82, 2.24) is 4.90 Å². The Morgan fingerprint density at radius 1 is 1.29 bits per heavy atom. The Morgan fingerprint density at radius 3 is 2.76 bits per heavy atom. The Hall–Kier alpha value is -0.610. The Labute approximate surface area is 103 Å². The first-order valence-electron chi connectivity index (χ1n) is 6.73. The highest BCUT2D eigenvalue weighted by molar-refractivity contribution is 5.71. The second kappa shape index (κ2) is 5.83. The van der Waals surface area contributed by atoms with E-state index in [1.54, 1.807) is 0 Å². The molecule has 0 spiro atoms. The number of rotatable bonds is 4. The summed E-state index contributed by atoms with van der Waals surface area (Å²) < 4.78 is 5.71. The monoisotopic (exact) mass is 241 g/mol. The number of nitrogens with zero attached hydrogens (tertiary/aromatic N) is 1. The number of hydrogen-bond donors (Lipinski definition) is 1. The van der Waals surface area contributed by atoms with Crippen LogP contribution in [0, 0.1) is 5.92 Å². The van der Waals surface area contributed by atoms with E-state index in [0.717, 1.165) is 38.8 Å². The predicted molar refractivity (Wildman–Crippen MR) is 65.0 cm³/mol. The molecule has 1 heterocycles. The number of carbonyl (C=O) groups is 1. The fraction of sp³-hybridized carbons (Fsp3) is 0.923. The van der Waals surface area contributed by atoms with Crippen molar-refractivity contribution in [2.24, 2.45) is 5.92 Å². The van der Waals surface area contributed by atoms with Gasteiger partial charge in [-0.05, 0) is 39.2 Å². The van der Waals surface area contributed by atoms with Gasteiger partial charge in [-0.2, -0.15) is 0 Å². The van der Waals surface area contributed by atoms with Gasteiger partial charge in [0.15, 0.2) is 0 Å². The first-order valence-corrected chi connectivity index (χ1v) is 6.73. The molecule has 3 atom stereocenters. The van der Waals surface area contributed by atoms with Crippen LogP contribution in [0.5, 0.6) is 0 Å². The summed E-state index contributed by atoms with van der Waals surface area (Å²) in [4.78, 5) is 13.4. The van der Waals surface area contributed by atoms with Crippen molar-refractivity contribution < 1.29 is 14.6 Å². The smallest absolute Gasteiger partial charge is 0.308 e. The third kappa shape index (κ3) is 3.19. The predicted octanol–water partition coefficient (Wildman–Crippen LogP) is 1.74. The zero-order valence-electron chi connectivity index (χ0n) is 10.6. The summed E-state index contributed by atoms with van der Waals surface area (Å²) in [6, 6.07) is 0.207. The van der Waals surface area contributed by atoms with Gasteiger partial charge < -0.3 is 9.84 Å². The van der Waals surface area contributed by atoms with Crippen LogP contribution in [-0.4, -0.2) is 48.3 Å². The van der Waals surface area contributed by atoms with Gasteiger partial charge >= 0.3 is 5.97 Å². The van der Waals surface area contributed by atoms with Gasteiger partial charge in [-0.15, -0.1) is 0 Å². The molecule has 0 amide bonds. The maximum absolute atomic E-state index is 11.2. The Balaban J connectivity index is 1.85. The molecule has 2 fully saturated rings. The Bertz CT molecular complexity index is 263. The number of aliphatic carboxylic acids is 1. The highest BCUT2D eigenvalue weighted by atomic mass is 16.5. The van der Waals surface area contributed by atoms with Gasteiger partial charge in [0.05, 0.1) is 12.0 Å². The fourth-order valence-corrected chi connectivity index (χ4v) is 3.16. The lowest BCUT2D eigenvalue weighted by molar-refractivity contribution is -0.143. The Kier molecular flexibility index (Phi) is 4.40. The molecule has 4 nitrogen and oxygen atoms in total. The number of carboxylic acid groups (broad SMARTS) is 1. The average molecular weight is 241 g/mol. The molecular formula is C13H23NO3. The summed E-state index contributed by atoms with van der Waals surface area (Å²) >= 11 is 0. The van der Waals surface area contributed by atoms with E-state index in [2.05, 4.69) is 4.90 Å². The van der Waals surface area contributed by atoms with Crippen molar-refractivity contribution in [3.05, 3.63) is 0 Å². The molecule has 1 saturated heterocycles. The van der Waals surface area contributed by atoms with E-state index < -0.39 is 5.97 Å². The summed E-state index contributed by atoms with van der Waals surface area (Å²) in [7, 11) is 2.05. The highest BCUT2D eigenvalue weighted by Crippen LogP contribution is 2.30. The van der Waals surface area contributed by atoms with Gasteiger partial charge in [0.1, 0.15) is 0 Å². The van der Waals surface area contributed by atoms with Crippen LogP contribution in [0.3, 0.4) is 0 Å². The zero-order valence-corrected chi connectivity index (χ0v) is 10.6. The number of likely N-dealkylation sites (N-methyl/N-ethyl adjacent to an activating group) is 1. The molecule has 2 aliphatic rings. The van der Waals surface area contributed by atoms with Crippen molar-refractivity contribution in [3.63, 3.8) is 0 Å². The van der Waals surface area contributed by atoms with Crippen molar-refractivity contribution >= 4 is 5.97 Å². The maximum Gasteiger partial charge on any atom is 0.308 e. The quantitative estimate of drug-likeness (QED) is 0.814. The van der Waals surface area contributed by atoms with Crippen LogP contribution in [0.25, 0.3) is 0 Å². The van der Waals surface area contributed by atoms with E-state index >= 15 is 0 Å². The van der Waals surface area contributed by atoms with Crippen molar-refractivity contribution in [1.29, 1.82) is 0 Å². The van der Waals surface area contributed by atoms with Crippen LogP contribution in [0.15, 0.2) is 0 Å². The molecule has 0 radical (unpaired) electrons. The van der Waals surface area contributed by atoms with E-state index in [1.165, 1.54) is 12.8 Å². The average Bonchev–Trinajstić information content (AvgIpc) is 2.79. The van der Waals surface area contributed by atoms with Gasteiger partial charge in [0.2, 0.25) is 0 Å². The minimum Gasteiger partial charge on any atom is -0.481 e. The lowest BCUT2D eigenvalue weighted by atomic mass is 10.0. The summed E-state index contributed by atoms with van der Waals surface area (Å²) in [5.41, 5.74) is 0. The largest absolute Gasteiger partial charge is 0.481 e. The molecule has 17 heavy (non-hydrogen) atoms. The first kappa shape index (κ1) is 12.8. The molecule has 1 aliphatic heterocycles. The van der Waals surface area contributed by atoms with Crippen LogP contribution >= 0.6 is 0 Å². The molecule has 2 rings (SSSR count). The molecular weight excluding hydrogens is 218 g/mol. The van der Waals surface area contributed by atoms with E-state index in [1.807, 2.05) is 7.05 Å². The van der Waals surface area contributed by atoms with E-state index in [0.29, 0.717) is 6.10 Å². The van der Waals surface area contributed by atoms with Crippen molar-refractivity contribution in [2.75, 3.05) is 20.2 Å². The van der Waals surface area contributed by atoms with E-state index in [9.17, 15) is 9.90 Å². The summed E-state index contributed by atoms with van der Waals surface area (Å²) in [5.74, 6) is -0.812. The fourth-order valence-electron chi connectivity index (χ4n) is 3.16. The standard InChI is InChI=1S/C13H23NO3/c1-14(9-10-5-2-3-8-17-10)12-7-4-6-11(12)13(15)16/h10-12H,2-9H2,1H3,(H,15,16). The first-order chi connectivity index (χ1) is 8.18. The van der Waals surface area contributed by atoms with Crippen LogP contribution in [0.4, 0.5) is 0 Å². The second-order valence-corrected chi connectivity index (χ2v) is 5.37. The third-order valence-corrected chi connectivity index (χ3v) is 4.13. The van der Waals surface area contributed by atoms with E-state index in [-0.39, 0.29) is 12.0 Å². The third-order valence-electron chi connectivity index (χ3n) is 4.13. The molecule has 0 aromatic rings. The van der Waals surface area contributed by atoms with Crippen LogP contribution in [-0.2, 0) is 9.53 Å². The van der Waals surface area contributed by atoms with Crippen LogP contribution in [0.1, 0.15) is 38.5 Å². The zero-order chi connectivity index (χ0) is 12.3. The van der Waals surface area contributed by atoms with Gasteiger partial charge in [0.25, 0.3) is 0 Å². The molecule has 0 bridgehead atoms. The lowest BCUT2D eigenvalue weighted by Gasteiger charge is -2.32. The number of ether oxygens (including phenoxy) is 1. The van der Waals surface area contributed by atoms with Gasteiger partial charge in [-0.1, -0.05) is 6.42 Å². The van der Waals surface area contributed by atoms with Gasteiger partial charge in [-0.3, -0.25) is 9.69 Å². The lowest BCUT2D eigenvalue weighted by Crippen LogP contribution is -2.43. The topological polar surface area (TPSA) is 49.8 Å². The summed E-state index contributed by atoms with van der Waals surface area (Å²) in [6.45, 7) is 1.75. The summed E-state index contributed by atoms with van der Waals surface area (Å²) in [5, 5.41) is 9.18. The molecule has 1 aliphatic carbocycles. The highest BCUT2D eigenvalue weighted by Gasteiger charge is 2.36.